The third-order valence-corrected chi connectivity index (χ3v) is 5.87. The first-order chi connectivity index (χ1) is 15.9. The molecule has 5 nitrogen and oxygen atoms in total. The van der Waals surface area contributed by atoms with Crippen LogP contribution >= 0.6 is 0 Å². The average molecular weight is 457 g/mol. The zero-order chi connectivity index (χ0) is 24.0. The van der Waals surface area contributed by atoms with E-state index in [0.29, 0.717) is 26.2 Å². The molecule has 0 aromatic heterocycles. The van der Waals surface area contributed by atoms with Crippen molar-refractivity contribution < 1.29 is 23.7 Å². The van der Waals surface area contributed by atoms with E-state index < -0.39 is 11.2 Å². The van der Waals surface area contributed by atoms with Crippen molar-refractivity contribution in [3.05, 3.63) is 66.0 Å². The first-order valence-electron chi connectivity index (χ1n) is 11.9. The largest absolute Gasteiger partial charge is 0.497 e. The van der Waals surface area contributed by atoms with Gasteiger partial charge in [-0.25, -0.2) is 0 Å². The minimum atomic E-state index is -0.655. The van der Waals surface area contributed by atoms with Crippen LogP contribution in [-0.2, 0) is 25.6 Å². The van der Waals surface area contributed by atoms with Gasteiger partial charge in [-0.1, -0.05) is 42.9 Å². The van der Waals surface area contributed by atoms with Crippen LogP contribution in [0, 0.1) is 5.41 Å². The molecule has 0 atom stereocenters. The van der Waals surface area contributed by atoms with E-state index in [2.05, 4.69) is 31.2 Å². The van der Waals surface area contributed by atoms with Gasteiger partial charge in [-0.15, -0.1) is 0 Å². The van der Waals surface area contributed by atoms with Gasteiger partial charge in [0.1, 0.15) is 18.6 Å². The average Bonchev–Trinajstić information content (AvgIpc) is 2.82. The number of ether oxygens (including phenoxy) is 4. The molecule has 2 rings (SSSR count). The van der Waals surface area contributed by atoms with Gasteiger partial charge in [0.05, 0.1) is 32.0 Å². The van der Waals surface area contributed by atoms with Gasteiger partial charge in [-0.2, -0.15) is 0 Å². The highest BCUT2D eigenvalue weighted by Crippen LogP contribution is 2.39. The van der Waals surface area contributed by atoms with Crippen molar-refractivity contribution in [2.24, 2.45) is 5.41 Å². The van der Waals surface area contributed by atoms with E-state index >= 15 is 0 Å². The van der Waals surface area contributed by atoms with Crippen molar-refractivity contribution in [2.45, 2.75) is 71.7 Å². The van der Waals surface area contributed by atoms with Crippen molar-refractivity contribution in [2.75, 3.05) is 20.3 Å². The van der Waals surface area contributed by atoms with Gasteiger partial charge in [0.2, 0.25) is 0 Å². The van der Waals surface area contributed by atoms with E-state index in [-0.39, 0.29) is 0 Å². The van der Waals surface area contributed by atoms with E-state index in [0.717, 1.165) is 42.4 Å². The molecule has 0 bridgehead atoms. The molecule has 0 spiro atoms. The Labute approximate surface area is 199 Å². The summed E-state index contributed by atoms with van der Waals surface area (Å²) in [6.45, 7) is 7.09. The number of methoxy groups -OCH3 is 1. The summed E-state index contributed by atoms with van der Waals surface area (Å²) in [7, 11) is 1.65. The monoisotopic (exact) mass is 456 g/mol. The Kier molecular flexibility index (Phi) is 11.4. The van der Waals surface area contributed by atoms with E-state index in [4.69, 9.17) is 18.9 Å². The lowest BCUT2D eigenvalue weighted by atomic mass is 9.78. The topological polar surface area (TPSA) is 54.0 Å². The minimum Gasteiger partial charge on any atom is -0.497 e. The number of hydrogen-bond acceptors (Lipinski definition) is 5. The fourth-order valence-electron chi connectivity index (χ4n) is 3.64. The number of unbranched alkanes of at least 4 members (excludes halogenated alkanes) is 4. The molecule has 0 unspecified atom stereocenters. The van der Waals surface area contributed by atoms with Crippen molar-refractivity contribution in [3.63, 3.8) is 0 Å². The van der Waals surface area contributed by atoms with Gasteiger partial charge in [-0.05, 0) is 69.7 Å². The van der Waals surface area contributed by atoms with Crippen LogP contribution in [0.25, 0.3) is 0 Å². The number of rotatable bonds is 14. The molecule has 1 heterocycles. The van der Waals surface area contributed by atoms with Crippen LogP contribution in [0.5, 0.6) is 5.75 Å². The van der Waals surface area contributed by atoms with Crippen LogP contribution in [0.1, 0.15) is 64.9 Å². The predicted octanol–water partition coefficient (Wildman–Crippen LogP) is 6.54. The molecule has 0 N–H and O–H groups in total. The smallest absolute Gasteiger partial charge is 0.162 e. The minimum absolute atomic E-state index is 0.314. The maximum atomic E-state index is 11.6. The first-order valence-corrected chi connectivity index (χ1v) is 11.9. The third kappa shape index (κ3) is 9.18. The van der Waals surface area contributed by atoms with Gasteiger partial charge in [0.25, 0.3) is 0 Å². The van der Waals surface area contributed by atoms with Crippen molar-refractivity contribution in [1.82, 2.24) is 0 Å². The third-order valence-electron chi connectivity index (χ3n) is 5.87. The molecule has 1 aliphatic rings. The molecular formula is C28H40O5. The molecular weight excluding hydrogens is 416 g/mol. The lowest BCUT2D eigenvalue weighted by Gasteiger charge is -2.43. The Morgan fingerprint density at radius 1 is 1.03 bits per heavy atom. The highest BCUT2D eigenvalue weighted by atomic mass is 16.7. The quantitative estimate of drug-likeness (QED) is 0.105. The first kappa shape index (κ1) is 26.9. The van der Waals surface area contributed by atoms with Gasteiger partial charge in [0, 0.05) is 6.42 Å². The number of allylic oxidation sites excluding steroid dienone is 4. The van der Waals surface area contributed by atoms with E-state index in [9.17, 15) is 4.79 Å². The zero-order valence-electron chi connectivity index (χ0n) is 20.7. The Hall–Kier alpha value is -2.37. The molecule has 1 aromatic carbocycles. The lowest BCUT2D eigenvalue weighted by Crippen LogP contribution is -2.47. The number of carbonyl (C=O) groups excluding carboxylic acids is 1. The molecule has 1 saturated heterocycles. The zero-order valence-corrected chi connectivity index (χ0v) is 20.7. The molecule has 1 aliphatic heterocycles. The fourth-order valence-corrected chi connectivity index (χ4v) is 3.64. The number of benzene rings is 1. The molecule has 1 aromatic rings. The summed E-state index contributed by atoms with van der Waals surface area (Å²) in [5, 5.41) is 0. The summed E-state index contributed by atoms with van der Waals surface area (Å²) in [6.07, 6.45) is 17.2. The number of aldehydes is 1. The predicted molar refractivity (Wildman–Crippen MR) is 132 cm³/mol. The van der Waals surface area contributed by atoms with Crippen LogP contribution in [0.15, 0.2) is 60.4 Å². The van der Waals surface area contributed by atoms with Gasteiger partial charge < -0.3 is 23.7 Å². The number of hydrogen-bond donors (Lipinski definition) is 0. The lowest BCUT2D eigenvalue weighted by molar-refractivity contribution is -0.278. The fraction of sp³-hybridized carbons (Fsp3) is 0.536. The molecule has 5 heteroatoms. The van der Waals surface area contributed by atoms with Crippen LogP contribution in [0.3, 0.4) is 0 Å². The highest BCUT2D eigenvalue weighted by molar-refractivity contribution is 5.53. The molecule has 33 heavy (non-hydrogen) atoms. The van der Waals surface area contributed by atoms with E-state index in [1.807, 2.05) is 38.1 Å². The van der Waals surface area contributed by atoms with E-state index in [1.165, 1.54) is 12.8 Å². The second-order valence-electron chi connectivity index (χ2n) is 8.97. The molecule has 0 amide bonds. The van der Waals surface area contributed by atoms with Crippen LogP contribution in [-0.4, -0.2) is 32.4 Å². The summed E-state index contributed by atoms with van der Waals surface area (Å²) in [4.78, 5) is 11.6. The standard InChI is InChI=1S/C28H40O5/c1-5-6-7-8-9-10-11-12-13-25(21-31-20-24-14-16-26(30-4)17-15-24)28(18-19-29)22-32-27(2,3)33-23-28/h5-6,12-17,19,21H,7-11,18,20,22-23H2,1-4H3/b6-5+,13-12+,25-21-. The van der Waals surface area contributed by atoms with Crippen LogP contribution in [0.2, 0.25) is 0 Å². The molecule has 182 valence electrons. The molecule has 1 fully saturated rings. The normalized spacial score (nSPS) is 18.0. The summed E-state index contributed by atoms with van der Waals surface area (Å²) >= 11 is 0. The summed E-state index contributed by atoms with van der Waals surface area (Å²) in [5.74, 6) is 0.158. The summed E-state index contributed by atoms with van der Waals surface area (Å²) < 4.78 is 23.1. The van der Waals surface area contributed by atoms with Gasteiger partial charge in [0.15, 0.2) is 5.79 Å². The van der Waals surface area contributed by atoms with Crippen LogP contribution < -0.4 is 4.74 Å². The van der Waals surface area contributed by atoms with Crippen molar-refractivity contribution >= 4 is 6.29 Å². The second kappa shape index (κ2) is 14.0. The SMILES string of the molecule is C/C=C/CCCCC/C=C/C(=C/OCc1ccc(OC)cc1)C1(CC=O)COC(C)(C)OC1. The Bertz CT molecular complexity index is 779. The molecule has 0 radical (unpaired) electrons. The summed E-state index contributed by atoms with van der Waals surface area (Å²) in [6, 6.07) is 7.79. The van der Waals surface area contributed by atoms with Gasteiger partial charge in [-0.3, -0.25) is 0 Å². The molecule has 0 aliphatic carbocycles. The summed E-state index contributed by atoms with van der Waals surface area (Å²) in [5.41, 5.74) is 1.41. The molecule has 0 saturated carbocycles. The Morgan fingerprint density at radius 3 is 2.30 bits per heavy atom. The second-order valence-corrected chi connectivity index (χ2v) is 8.97. The maximum absolute atomic E-state index is 11.6. The Morgan fingerprint density at radius 2 is 1.70 bits per heavy atom. The van der Waals surface area contributed by atoms with E-state index in [1.54, 1.807) is 13.4 Å². The van der Waals surface area contributed by atoms with Gasteiger partial charge >= 0.3 is 0 Å². The van der Waals surface area contributed by atoms with Crippen molar-refractivity contribution in [1.29, 1.82) is 0 Å². The highest BCUT2D eigenvalue weighted by Gasteiger charge is 2.42. The number of carbonyl (C=O) groups is 1. The van der Waals surface area contributed by atoms with Crippen molar-refractivity contribution in [3.8, 4) is 5.75 Å². The Balaban J connectivity index is 2.08. The maximum Gasteiger partial charge on any atom is 0.162 e. The van der Waals surface area contributed by atoms with Crippen LogP contribution in [0.4, 0.5) is 0 Å².